The number of benzene rings is 1. The van der Waals surface area contributed by atoms with Crippen molar-refractivity contribution in [1.82, 2.24) is 14.6 Å². The standard InChI is InChI=1S/C17H23BrFN7O5S/c1-10(2)30-32(28,29)26-6-5-17(20,9-26)8-21-15-14(24-31-25-15)16(23-27)22-11-3-4-13(19)12(18)7-11/h3-4,7,10,27H,5-6,8-9,20H2,1-2H3,(H,21,25)(H,22,23)/t17-/m0/s1. The van der Waals surface area contributed by atoms with Gasteiger partial charge < -0.3 is 21.6 Å². The first-order chi connectivity index (χ1) is 15.0. The summed E-state index contributed by atoms with van der Waals surface area (Å²) in [6.07, 6.45) is -0.107. The van der Waals surface area contributed by atoms with Crippen LogP contribution in [0.2, 0.25) is 0 Å². The van der Waals surface area contributed by atoms with Crippen molar-refractivity contribution >= 4 is 43.6 Å². The van der Waals surface area contributed by atoms with Crippen molar-refractivity contribution in [3.05, 3.63) is 34.2 Å². The van der Waals surface area contributed by atoms with Gasteiger partial charge in [-0.15, -0.1) is 0 Å². The summed E-state index contributed by atoms with van der Waals surface area (Å²) in [4.78, 5) is 0. The Bertz CT molecular complexity index is 1100. The number of hydrogen-bond acceptors (Lipinski definition) is 10. The largest absolute Gasteiger partial charge is 0.409 e. The molecule has 0 aliphatic carbocycles. The smallest absolute Gasteiger partial charge is 0.338 e. The predicted octanol–water partition coefficient (Wildman–Crippen LogP) is 1.70. The SMILES string of the molecule is CC(C)OS(=O)(=O)N1CC[C@](N)(CNc2nonc2/C(=N/O)Nc2ccc(F)c(Br)c2)C1. The van der Waals surface area contributed by atoms with E-state index in [1.165, 1.54) is 22.5 Å². The fourth-order valence-electron chi connectivity index (χ4n) is 3.06. The number of rotatable bonds is 8. The zero-order valence-corrected chi connectivity index (χ0v) is 19.7. The van der Waals surface area contributed by atoms with Gasteiger partial charge >= 0.3 is 10.3 Å². The Hall–Kier alpha value is -2.33. The number of halogens is 2. The lowest BCUT2D eigenvalue weighted by Gasteiger charge is -2.25. The van der Waals surface area contributed by atoms with Crippen LogP contribution in [-0.2, 0) is 14.5 Å². The molecule has 0 amide bonds. The monoisotopic (exact) mass is 535 g/mol. The first-order valence-electron chi connectivity index (χ1n) is 9.51. The van der Waals surface area contributed by atoms with E-state index >= 15 is 0 Å². The minimum absolute atomic E-state index is 0.0401. The van der Waals surface area contributed by atoms with E-state index in [1.54, 1.807) is 13.8 Å². The van der Waals surface area contributed by atoms with Crippen molar-refractivity contribution in [2.45, 2.75) is 31.9 Å². The first kappa shape index (κ1) is 24.3. The molecule has 2 aromatic rings. The van der Waals surface area contributed by atoms with Gasteiger partial charge in [0.05, 0.1) is 10.6 Å². The Morgan fingerprint density at radius 3 is 2.91 bits per heavy atom. The molecule has 15 heteroatoms. The number of nitrogens with zero attached hydrogens (tertiary/aromatic N) is 4. The molecule has 0 unspecified atom stereocenters. The maximum atomic E-state index is 13.4. The zero-order chi connectivity index (χ0) is 23.5. The summed E-state index contributed by atoms with van der Waals surface area (Å²) in [7, 11) is -3.88. The van der Waals surface area contributed by atoms with E-state index in [9.17, 15) is 18.0 Å². The summed E-state index contributed by atoms with van der Waals surface area (Å²) < 4.78 is 49.1. The minimum Gasteiger partial charge on any atom is -0.409 e. The van der Waals surface area contributed by atoms with Crippen LogP contribution in [0, 0.1) is 5.82 Å². The van der Waals surface area contributed by atoms with Crippen LogP contribution in [0.25, 0.3) is 0 Å². The van der Waals surface area contributed by atoms with E-state index in [1.807, 2.05) is 0 Å². The fraction of sp³-hybridized carbons (Fsp3) is 0.471. The molecule has 2 heterocycles. The molecule has 1 aromatic heterocycles. The molecular weight excluding hydrogens is 513 g/mol. The molecule has 0 spiro atoms. The van der Waals surface area contributed by atoms with E-state index in [0.29, 0.717) is 12.1 Å². The molecular formula is C17H23BrFN7O5S. The van der Waals surface area contributed by atoms with Crippen LogP contribution in [0.1, 0.15) is 26.0 Å². The number of amidine groups is 1. The van der Waals surface area contributed by atoms with Gasteiger partial charge in [-0.25, -0.2) is 9.02 Å². The molecule has 1 aliphatic heterocycles. The topological polar surface area (TPSA) is 168 Å². The lowest BCUT2D eigenvalue weighted by molar-refractivity contribution is 0.220. The van der Waals surface area contributed by atoms with Gasteiger partial charge in [0.2, 0.25) is 11.7 Å². The molecule has 0 saturated carbocycles. The molecule has 5 N–H and O–H groups in total. The number of hydrogen-bond donors (Lipinski definition) is 4. The molecule has 3 rings (SSSR count). The number of nitrogens with one attached hydrogen (secondary N) is 2. The lowest BCUT2D eigenvalue weighted by atomic mass is 10.0. The third-order valence-corrected chi connectivity index (χ3v) is 6.76. The maximum Gasteiger partial charge on any atom is 0.338 e. The summed E-state index contributed by atoms with van der Waals surface area (Å²) in [6.45, 7) is 3.63. The summed E-state index contributed by atoms with van der Waals surface area (Å²) in [5, 5.41) is 25.8. The summed E-state index contributed by atoms with van der Waals surface area (Å²) in [5.41, 5.74) is 5.92. The van der Waals surface area contributed by atoms with Crippen LogP contribution in [0.4, 0.5) is 15.9 Å². The number of oxime groups is 1. The normalized spacial score (nSPS) is 20.1. The summed E-state index contributed by atoms with van der Waals surface area (Å²) in [6, 6.07) is 4.11. The van der Waals surface area contributed by atoms with Gasteiger partial charge in [-0.3, -0.25) is 4.18 Å². The Morgan fingerprint density at radius 1 is 1.50 bits per heavy atom. The Morgan fingerprint density at radius 2 is 2.25 bits per heavy atom. The quantitative estimate of drug-likeness (QED) is 0.169. The van der Waals surface area contributed by atoms with Crippen LogP contribution < -0.4 is 16.4 Å². The van der Waals surface area contributed by atoms with Crippen LogP contribution in [0.3, 0.4) is 0 Å². The van der Waals surface area contributed by atoms with Crippen LogP contribution >= 0.6 is 15.9 Å². The van der Waals surface area contributed by atoms with E-state index in [-0.39, 0.29) is 41.5 Å². The van der Waals surface area contributed by atoms with Gasteiger partial charge in [-0.2, -0.15) is 12.7 Å². The highest BCUT2D eigenvalue weighted by atomic mass is 79.9. The van der Waals surface area contributed by atoms with Gasteiger partial charge in [-0.05, 0) is 64.7 Å². The molecule has 0 radical (unpaired) electrons. The zero-order valence-electron chi connectivity index (χ0n) is 17.2. The van der Waals surface area contributed by atoms with Crippen molar-refractivity contribution < 1.29 is 26.8 Å². The van der Waals surface area contributed by atoms with E-state index < -0.39 is 27.8 Å². The first-order valence-corrected chi connectivity index (χ1v) is 11.7. The molecule has 1 fully saturated rings. The van der Waals surface area contributed by atoms with Crippen LogP contribution in [-0.4, -0.2) is 65.4 Å². The second-order valence-electron chi connectivity index (χ2n) is 7.57. The van der Waals surface area contributed by atoms with Gasteiger partial charge in [0.15, 0.2) is 5.69 Å². The second-order valence-corrected chi connectivity index (χ2v) is 9.98. The van der Waals surface area contributed by atoms with Crippen molar-refractivity contribution in [2.24, 2.45) is 10.9 Å². The van der Waals surface area contributed by atoms with Gasteiger partial charge in [0.25, 0.3) is 0 Å². The van der Waals surface area contributed by atoms with Crippen molar-refractivity contribution in [1.29, 1.82) is 0 Å². The maximum absolute atomic E-state index is 13.4. The third kappa shape index (κ3) is 5.72. The van der Waals surface area contributed by atoms with Gasteiger partial charge in [0.1, 0.15) is 5.82 Å². The van der Waals surface area contributed by atoms with E-state index in [0.717, 1.165) is 0 Å². The molecule has 176 valence electrons. The van der Waals surface area contributed by atoms with E-state index in [4.69, 9.17) is 14.5 Å². The Balaban J connectivity index is 1.67. The number of nitrogens with two attached hydrogens (primary N) is 1. The molecule has 1 saturated heterocycles. The number of aromatic nitrogens is 2. The van der Waals surface area contributed by atoms with Gasteiger partial charge in [-0.1, -0.05) is 5.16 Å². The fourth-order valence-corrected chi connectivity index (χ4v) is 4.77. The molecule has 1 atom stereocenters. The van der Waals surface area contributed by atoms with Crippen molar-refractivity contribution in [2.75, 3.05) is 30.3 Å². The molecule has 1 aliphatic rings. The molecule has 1 aromatic carbocycles. The average molecular weight is 536 g/mol. The van der Waals surface area contributed by atoms with Crippen LogP contribution in [0.15, 0.2) is 32.5 Å². The van der Waals surface area contributed by atoms with Gasteiger partial charge in [0, 0.05) is 30.9 Å². The Kier molecular flexibility index (Phi) is 7.34. The van der Waals surface area contributed by atoms with Crippen LogP contribution in [0.5, 0.6) is 0 Å². The van der Waals surface area contributed by atoms with E-state index in [2.05, 4.69) is 42.0 Å². The molecule has 0 bridgehead atoms. The van der Waals surface area contributed by atoms with Crippen molar-refractivity contribution in [3.8, 4) is 0 Å². The third-order valence-electron chi connectivity index (χ3n) is 4.58. The lowest BCUT2D eigenvalue weighted by Crippen LogP contribution is -2.49. The predicted molar refractivity (Wildman–Crippen MR) is 117 cm³/mol. The Labute approximate surface area is 192 Å². The van der Waals surface area contributed by atoms with Crippen molar-refractivity contribution in [3.63, 3.8) is 0 Å². The second kappa shape index (κ2) is 9.66. The highest BCUT2D eigenvalue weighted by Crippen LogP contribution is 2.25. The minimum atomic E-state index is -3.88. The highest BCUT2D eigenvalue weighted by molar-refractivity contribution is 9.10. The highest BCUT2D eigenvalue weighted by Gasteiger charge is 2.41. The average Bonchev–Trinajstić information content (AvgIpc) is 3.34. The summed E-state index contributed by atoms with van der Waals surface area (Å²) >= 11 is 3.08. The molecule has 32 heavy (non-hydrogen) atoms. The molecule has 12 nitrogen and oxygen atoms in total. The summed E-state index contributed by atoms with van der Waals surface area (Å²) in [5.74, 6) is -0.446. The number of anilines is 2.